The molecule has 1 aliphatic heterocycles. The molecule has 2 amide bonds. The first-order valence-electron chi connectivity index (χ1n) is 9.31. The predicted molar refractivity (Wildman–Crippen MR) is 98.3 cm³/mol. The van der Waals surface area contributed by atoms with E-state index in [4.69, 9.17) is 4.74 Å². The topological polar surface area (TPSA) is 75.7 Å². The molecule has 1 saturated heterocycles. The molecule has 6 nitrogen and oxygen atoms in total. The third kappa shape index (κ3) is 5.07. The van der Waals surface area contributed by atoms with Crippen LogP contribution in [0.2, 0.25) is 0 Å². The minimum absolute atomic E-state index is 0.241. The Morgan fingerprint density at radius 2 is 1.92 bits per heavy atom. The van der Waals surface area contributed by atoms with Gasteiger partial charge in [0.15, 0.2) is 0 Å². The van der Waals surface area contributed by atoms with Crippen LogP contribution in [0.4, 0.5) is 0 Å². The Labute approximate surface area is 154 Å². The number of carbonyl (C=O) groups excluding carboxylic acids is 3. The SMILES string of the molecule is CCOC(=O)C1CCCN(C(=O)C(=O)NC(C)c2ccc(CC)cc2)C1. The molecule has 2 rings (SSSR count). The van der Waals surface area contributed by atoms with E-state index in [0.29, 0.717) is 26.0 Å². The van der Waals surface area contributed by atoms with Gasteiger partial charge in [0.2, 0.25) is 0 Å². The number of hydrogen-bond donors (Lipinski definition) is 1. The molecule has 1 heterocycles. The number of aryl methyl sites for hydroxylation is 1. The van der Waals surface area contributed by atoms with Crippen molar-refractivity contribution in [2.24, 2.45) is 5.92 Å². The molecule has 1 N–H and O–H groups in total. The van der Waals surface area contributed by atoms with Gasteiger partial charge in [-0.25, -0.2) is 0 Å². The number of benzene rings is 1. The Morgan fingerprint density at radius 3 is 2.54 bits per heavy atom. The van der Waals surface area contributed by atoms with E-state index < -0.39 is 11.8 Å². The van der Waals surface area contributed by atoms with Crippen molar-refractivity contribution in [3.05, 3.63) is 35.4 Å². The summed E-state index contributed by atoms with van der Waals surface area (Å²) < 4.78 is 5.03. The summed E-state index contributed by atoms with van der Waals surface area (Å²) in [6.45, 7) is 6.74. The number of rotatable bonds is 5. The number of nitrogens with one attached hydrogen (secondary N) is 1. The molecule has 1 fully saturated rings. The van der Waals surface area contributed by atoms with Crippen molar-refractivity contribution in [1.29, 1.82) is 0 Å². The van der Waals surface area contributed by atoms with E-state index in [-0.39, 0.29) is 24.5 Å². The third-order valence-corrected chi connectivity index (χ3v) is 4.76. The van der Waals surface area contributed by atoms with Gasteiger partial charge in [-0.05, 0) is 44.2 Å². The molecule has 1 aliphatic rings. The monoisotopic (exact) mass is 360 g/mol. The fourth-order valence-corrected chi connectivity index (χ4v) is 3.14. The fraction of sp³-hybridized carbons (Fsp3) is 0.550. The molecule has 2 atom stereocenters. The molecule has 0 saturated carbocycles. The van der Waals surface area contributed by atoms with E-state index in [1.807, 2.05) is 31.2 Å². The minimum Gasteiger partial charge on any atom is -0.466 e. The fourth-order valence-electron chi connectivity index (χ4n) is 3.14. The van der Waals surface area contributed by atoms with Gasteiger partial charge in [0.1, 0.15) is 0 Å². The zero-order chi connectivity index (χ0) is 19.1. The van der Waals surface area contributed by atoms with Crippen LogP contribution in [0, 0.1) is 5.92 Å². The summed E-state index contributed by atoms with van der Waals surface area (Å²) in [5, 5.41) is 2.75. The Hall–Kier alpha value is -2.37. The van der Waals surface area contributed by atoms with Crippen molar-refractivity contribution >= 4 is 17.8 Å². The standard InChI is InChI=1S/C20H28N2O4/c1-4-15-8-10-16(11-9-15)14(3)21-18(23)19(24)22-12-6-7-17(13-22)20(25)26-5-2/h8-11,14,17H,4-7,12-13H2,1-3H3,(H,21,23). The number of ether oxygens (including phenoxy) is 1. The highest BCUT2D eigenvalue weighted by Gasteiger charge is 2.32. The number of amides is 2. The maximum Gasteiger partial charge on any atom is 0.311 e. The Morgan fingerprint density at radius 1 is 1.23 bits per heavy atom. The van der Waals surface area contributed by atoms with Gasteiger partial charge in [-0.3, -0.25) is 14.4 Å². The Balaban J connectivity index is 1.93. The van der Waals surface area contributed by atoms with Crippen molar-refractivity contribution in [2.45, 2.75) is 46.1 Å². The van der Waals surface area contributed by atoms with Gasteiger partial charge in [0.05, 0.1) is 18.6 Å². The van der Waals surface area contributed by atoms with E-state index in [1.54, 1.807) is 6.92 Å². The second-order valence-electron chi connectivity index (χ2n) is 6.63. The second-order valence-corrected chi connectivity index (χ2v) is 6.63. The van der Waals surface area contributed by atoms with Crippen LogP contribution >= 0.6 is 0 Å². The van der Waals surface area contributed by atoms with Gasteiger partial charge < -0.3 is 15.0 Å². The van der Waals surface area contributed by atoms with Crippen LogP contribution in [0.1, 0.15) is 50.8 Å². The smallest absolute Gasteiger partial charge is 0.311 e. The van der Waals surface area contributed by atoms with Crippen LogP contribution in [-0.2, 0) is 25.5 Å². The van der Waals surface area contributed by atoms with Gasteiger partial charge in [-0.2, -0.15) is 0 Å². The van der Waals surface area contributed by atoms with E-state index in [9.17, 15) is 14.4 Å². The molecular formula is C20H28N2O4. The zero-order valence-corrected chi connectivity index (χ0v) is 15.8. The summed E-state index contributed by atoms with van der Waals surface area (Å²) in [5.74, 6) is -1.87. The van der Waals surface area contributed by atoms with Crippen molar-refractivity contribution in [2.75, 3.05) is 19.7 Å². The predicted octanol–water partition coefficient (Wildman–Crippen LogP) is 2.23. The minimum atomic E-state index is -0.637. The van der Waals surface area contributed by atoms with Crippen LogP contribution in [0.15, 0.2) is 24.3 Å². The first-order valence-corrected chi connectivity index (χ1v) is 9.31. The summed E-state index contributed by atoms with van der Waals surface area (Å²) in [6, 6.07) is 7.71. The molecule has 0 aromatic heterocycles. The van der Waals surface area contributed by atoms with Gasteiger partial charge in [0, 0.05) is 13.1 Å². The van der Waals surface area contributed by atoms with Crippen LogP contribution in [-0.4, -0.2) is 42.4 Å². The Bertz CT molecular complexity index is 642. The van der Waals surface area contributed by atoms with E-state index >= 15 is 0 Å². The number of hydrogen-bond acceptors (Lipinski definition) is 4. The second kappa shape index (κ2) is 9.36. The lowest BCUT2D eigenvalue weighted by Gasteiger charge is -2.31. The summed E-state index contributed by atoms with van der Waals surface area (Å²) in [4.78, 5) is 38.1. The molecule has 0 aliphatic carbocycles. The molecule has 2 unspecified atom stereocenters. The van der Waals surface area contributed by atoms with Gasteiger partial charge in [-0.1, -0.05) is 31.2 Å². The highest BCUT2D eigenvalue weighted by Crippen LogP contribution is 2.19. The molecule has 1 aromatic rings. The number of carbonyl (C=O) groups is 3. The quantitative estimate of drug-likeness (QED) is 0.645. The van der Waals surface area contributed by atoms with E-state index in [0.717, 1.165) is 12.0 Å². The van der Waals surface area contributed by atoms with Gasteiger partial charge >= 0.3 is 17.8 Å². The maximum atomic E-state index is 12.5. The summed E-state index contributed by atoms with van der Waals surface area (Å²) in [7, 11) is 0. The van der Waals surface area contributed by atoms with Crippen molar-refractivity contribution in [3.8, 4) is 0 Å². The van der Waals surface area contributed by atoms with Crippen molar-refractivity contribution in [1.82, 2.24) is 10.2 Å². The number of nitrogens with zero attached hydrogens (tertiary/aromatic N) is 1. The molecule has 0 radical (unpaired) electrons. The zero-order valence-electron chi connectivity index (χ0n) is 15.8. The van der Waals surface area contributed by atoms with Crippen LogP contribution in [0.3, 0.4) is 0 Å². The lowest BCUT2D eigenvalue weighted by Crippen LogP contribution is -2.49. The first kappa shape index (κ1) is 19.9. The summed E-state index contributed by atoms with van der Waals surface area (Å²) in [5.41, 5.74) is 2.17. The molecule has 0 bridgehead atoms. The molecule has 1 aromatic carbocycles. The van der Waals surface area contributed by atoms with Crippen molar-refractivity contribution < 1.29 is 19.1 Å². The number of esters is 1. The average Bonchev–Trinajstić information content (AvgIpc) is 2.67. The summed E-state index contributed by atoms with van der Waals surface area (Å²) in [6.07, 6.45) is 2.33. The van der Waals surface area contributed by atoms with Crippen molar-refractivity contribution in [3.63, 3.8) is 0 Å². The highest BCUT2D eigenvalue weighted by molar-refractivity contribution is 6.35. The van der Waals surface area contributed by atoms with Crippen LogP contribution in [0.25, 0.3) is 0 Å². The Kier molecular flexibility index (Phi) is 7.18. The van der Waals surface area contributed by atoms with Gasteiger partial charge in [0.25, 0.3) is 0 Å². The first-order chi connectivity index (χ1) is 12.5. The maximum absolute atomic E-state index is 12.5. The average molecular weight is 360 g/mol. The normalized spacial score (nSPS) is 18.1. The van der Waals surface area contributed by atoms with Crippen LogP contribution < -0.4 is 5.32 Å². The molecule has 26 heavy (non-hydrogen) atoms. The summed E-state index contributed by atoms with van der Waals surface area (Å²) >= 11 is 0. The highest BCUT2D eigenvalue weighted by atomic mass is 16.5. The third-order valence-electron chi connectivity index (χ3n) is 4.76. The molecule has 6 heteroatoms. The van der Waals surface area contributed by atoms with E-state index in [1.165, 1.54) is 10.5 Å². The lowest BCUT2D eigenvalue weighted by atomic mass is 9.98. The molecule has 0 spiro atoms. The lowest BCUT2D eigenvalue weighted by molar-refractivity contribution is -0.154. The van der Waals surface area contributed by atoms with Crippen LogP contribution in [0.5, 0.6) is 0 Å². The largest absolute Gasteiger partial charge is 0.466 e. The molecular weight excluding hydrogens is 332 g/mol. The van der Waals surface area contributed by atoms with E-state index in [2.05, 4.69) is 12.2 Å². The van der Waals surface area contributed by atoms with Gasteiger partial charge in [-0.15, -0.1) is 0 Å². The molecule has 142 valence electrons. The number of piperidine rings is 1. The number of likely N-dealkylation sites (tertiary alicyclic amines) is 1.